The van der Waals surface area contributed by atoms with Crippen molar-refractivity contribution < 1.29 is 4.79 Å². The number of hydrogen-bond acceptors (Lipinski definition) is 2. The standard InChI is InChI=1S/C20H14Cl5N3OS/c21-14-9-4-10-15(22)16(14)26-19(30)28-18(20(23,24)25)27-17(29)13-8-3-6-11-5-1-2-7-12(11)13/h1-10,18H,(H,27,29)(H2,26,28,30)/t18-/m0/s1. The number of rotatable bonds is 4. The molecule has 3 aromatic rings. The fourth-order valence-corrected chi connectivity index (χ4v) is 3.77. The molecule has 0 saturated heterocycles. The van der Waals surface area contributed by atoms with E-state index in [-0.39, 0.29) is 5.11 Å². The summed E-state index contributed by atoms with van der Waals surface area (Å²) >= 11 is 35.8. The Morgan fingerprint density at radius 1 is 0.867 bits per heavy atom. The first-order chi connectivity index (χ1) is 14.2. The predicted octanol–water partition coefficient (Wildman–Crippen LogP) is 6.56. The fraction of sp³-hybridized carbons (Fsp3) is 0.100. The quantitative estimate of drug-likeness (QED) is 0.207. The average molecular weight is 522 g/mol. The number of amides is 1. The maximum absolute atomic E-state index is 12.9. The minimum Gasteiger partial charge on any atom is -0.339 e. The van der Waals surface area contributed by atoms with Gasteiger partial charge in [-0.05, 0) is 41.2 Å². The minimum atomic E-state index is -1.91. The van der Waals surface area contributed by atoms with Gasteiger partial charge >= 0.3 is 0 Å². The molecule has 156 valence electrons. The molecule has 3 rings (SSSR count). The van der Waals surface area contributed by atoms with E-state index in [9.17, 15) is 4.79 Å². The van der Waals surface area contributed by atoms with Crippen LogP contribution in [-0.4, -0.2) is 21.0 Å². The van der Waals surface area contributed by atoms with Crippen LogP contribution < -0.4 is 16.0 Å². The SMILES string of the molecule is O=C(N[C@@H](NC(=S)Nc1c(Cl)cccc1Cl)C(Cl)(Cl)Cl)c1cccc2ccccc12. The van der Waals surface area contributed by atoms with Gasteiger partial charge in [0.05, 0.1) is 15.7 Å². The van der Waals surface area contributed by atoms with Crippen LogP contribution in [0.3, 0.4) is 0 Å². The van der Waals surface area contributed by atoms with E-state index in [1.165, 1.54) is 0 Å². The second kappa shape index (κ2) is 9.77. The normalized spacial score (nSPS) is 12.3. The molecule has 0 spiro atoms. The molecule has 0 aliphatic heterocycles. The molecule has 1 amide bonds. The van der Waals surface area contributed by atoms with Crippen molar-refractivity contribution in [3.8, 4) is 0 Å². The van der Waals surface area contributed by atoms with Crippen molar-refractivity contribution in [1.82, 2.24) is 10.6 Å². The molecule has 0 unspecified atom stereocenters. The molecule has 0 aliphatic carbocycles. The van der Waals surface area contributed by atoms with Gasteiger partial charge in [0.15, 0.2) is 5.11 Å². The van der Waals surface area contributed by atoms with Gasteiger partial charge in [0.25, 0.3) is 5.91 Å². The van der Waals surface area contributed by atoms with Crippen molar-refractivity contribution in [1.29, 1.82) is 0 Å². The third kappa shape index (κ3) is 5.61. The molecular weight excluding hydrogens is 508 g/mol. The van der Waals surface area contributed by atoms with Gasteiger partial charge in [0.2, 0.25) is 3.79 Å². The largest absolute Gasteiger partial charge is 0.339 e. The lowest BCUT2D eigenvalue weighted by atomic mass is 10.0. The number of thiocarbonyl (C=S) groups is 1. The summed E-state index contributed by atoms with van der Waals surface area (Å²) in [6.45, 7) is 0. The predicted molar refractivity (Wildman–Crippen MR) is 131 cm³/mol. The molecule has 10 heteroatoms. The Labute approximate surface area is 203 Å². The van der Waals surface area contributed by atoms with Crippen molar-refractivity contribution in [3.63, 3.8) is 0 Å². The second-order valence-corrected chi connectivity index (χ2v) is 9.76. The van der Waals surface area contributed by atoms with Crippen LogP contribution in [0, 0.1) is 0 Å². The van der Waals surface area contributed by atoms with Crippen LogP contribution in [0.4, 0.5) is 5.69 Å². The number of fused-ring (bicyclic) bond motifs is 1. The maximum atomic E-state index is 12.9. The fourth-order valence-electron chi connectivity index (χ4n) is 2.73. The van der Waals surface area contributed by atoms with E-state index in [1.807, 2.05) is 30.3 Å². The minimum absolute atomic E-state index is 0.0551. The highest BCUT2D eigenvalue weighted by atomic mass is 35.6. The number of halogens is 5. The van der Waals surface area contributed by atoms with Crippen LogP contribution in [0.5, 0.6) is 0 Å². The molecule has 0 bridgehead atoms. The smallest absolute Gasteiger partial charge is 0.253 e. The second-order valence-electron chi connectivity index (χ2n) is 6.17. The van der Waals surface area contributed by atoms with Crippen molar-refractivity contribution in [2.24, 2.45) is 0 Å². The van der Waals surface area contributed by atoms with E-state index in [1.54, 1.807) is 30.3 Å². The van der Waals surface area contributed by atoms with Crippen molar-refractivity contribution >= 4 is 97.7 Å². The van der Waals surface area contributed by atoms with E-state index < -0.39 is 15.9 Å². The summed E-state index contributed by atoms with van der Waals surface area (Å²) < 4.78 is -1.91. The number of para-hydroxylation sites is 1. The maximum Gasteiger partial charge on any atom is 0.253 e. The van der Waals surface area contributed by atoms with Gasteiger partial charge in [0, 0.05) is 5.56 Å². The molecule has 0 fully saturated rings. The van der Waals surface area contributed by atoms with Gasteiger partial charge in [-0.15, -0.1) is 0 Å². The van der Waals surface area contributed by atoms with Crippen LogP contribution in [0.25, 0.3) is 10.8 Å². The molecular formula is C20H14Cl5N3OS. The first-order valence-corrected chi connectivity index (χ1v) is 10.8. The Hall–Kier alpha value is -1.47. The van der Waals surface area contributed by atoms with E-state index in [0.717, 1.165) is 10.8 Å². The lowest BCUT2D eigenvalue weighted by Crippen LogP contribution is -2.56. The van der Waals surface area contributed by atoms with Crippen LogP contribution in [0.2, 0.25) is 10.0 Å². The Kier molecular flexibility index (Phi) is 7.56. The van der Waals surface area contributed by atoms with E-state index in [2.05, 4.69) is 16.0 Å². The highest BCUT2D eigenvalue weighted by Gasteiger charge is 2.35. The van der Waals surface area contributed by atoms with Crippen molar-refractivity contribution in [2.75, 3.05) is 5.32 Å². The van der Waals surface area contributed by atoms with Crippen LogP contribution in [0.15, 0.2) is 60.7 Å². The molecule has 0 aliphatic rings. The zero-order valence-electron chi connectivity index (χ0n) is 15.1. The molecule has 3 aromatic carbocycles. The molecule has 0 radical (unpaired) electrons. The molecule has 3 N–H and O–H groups in total. The Morgan fingerprint density at radius 3 is 2.13 bits per heavy atom. The van der Waals surface area contributed by atoms with Crippen LogP contribution >= 0.6 is 70.2 Å². The first kappa shape index (κ1) is 23.2. The third-order valence-electron chi connectivity index (χ3n) is 4.11. The lowest BCUT2D eigenvalue weighted by Gasteiger charge is -2.28. The molecule has 4 nitrogen and oxygen atoms in total. The van der Waals surface area contributed by atoms with Crippen molar-refractivity contribution in [3.05, 3.63) is 76.3 Å². The highest BCUT2D eigenvalue weighted by molar-refractivity contribution is 7.80. The number of nitrogens with one attached hydrogen (secondary N) is 3. The molecule has 30 heavy (non-hydrogen) atoms. The number of benzene rings is 3. The molecule has 0 heterocycles. The van der Waals surface area contributed by atoms with E-state index >= 15 is 0 Å². The topological polar surface area (TPSA) is 53.2 Å². The Balaban J connectivity index is 1.79. The summed E-state index contributed by atoms with van der Waals surface area (Å²) in [7, 11) is 0. The third-order valence-corrected chi connectivity index (χ3v) is 5.62. The molecule has 0 aromatic heterocycles. The Morgan fingerprint density at radius 2 is 1.47 bits per heavy atom. The summed E-state index contributed by atoms with van der Waals surface area (Å²) in [5, 5.41) is 10.8. The number of carbonyl (C=O) groups excluding carboxylic acids is 1. The zero-order chi connectivity index (χ0) is 21.9. The van der Waals surface area contributed by atoms with Crippen LogP contribution in [-0.2, 0) is 0 Å². The lowest BCUT2D eigenvalue weighted by molar-refractivity contribution is 0.0936. The van der Waals surface area contributed by atoms with Crippen LogP contribution in [0.1, 0.15) is 10.4 Å². The number of carbonyl (C=O) groups is 1. The van der Waals surface area contributed by atoms with Gasteiger partial charge in [-0.25, -0.2) is 0 Å². The van der Waals surface area contributed by atoms with Gasteiger partial charge in [-0.3, -0.25) is 4.79 Å². The molecule has 1 atom stereocenters. The van der Waals surface area contributed by atoms with Gasteiger partial charge in [0.1, 0.15) is 6.17 Å². The highest BCUT2D eigenvalue weighted by Crippen LogP contribution is 2.31. The number of alkyl halides is 3. The summed E-state index contributed by atoms with van der Waals surface area (Å²) in [4.78, 5) is 12.9. The monoisotopic (exact) mass is 519 g/mol. The number of anilines is 1. The van der Waals surface area contributed by atoms with Gasteiger partial charge < -0.3 is 16.0 Å². The summed E-state index contributed by atoms with van der Waals surface area (Å²) in [6, 6.07) is 17.8. The van der Waals surface area contributed by atoms with Gasteiger partial charge in [-0.1, -0.05) is 100 Å². The number of hydrogen-bond donors (Lipinski definition) is 3. The van der Waals surface area contributed by atoms with E-state index in [4.69, 9.17) is 70.2 Å². The van der Waals surface area contributed by atoms with E-state index in [0.29, 0.717) is 21.3 Å². The van der Waals surface area contributed by atoms with Gasteiger partial charge in [-0.2, -0.15) is 0 Å². The van der Waals surface area contributed by atoms with Crippen molar-refractivity contribution in [2.45, 2.75) is 9.96 Å². The first-order valence-electron chi connectivity index (χ1n) is 8.53. The average Bonchev–Trinajstić information content (AvgIpc) is 2.69. The zero-order valence-corrected chi connectivity index (χ0v) is 19.7. The summed E-state index contributed by atoms with van der Waals surface area (Å²) in [5.41, 5.74) is 0.823. The Bertz CT molecular complexity index is 1080. The summed E-state index contributed by atoms with van der Waals surface area (Å²) in [6.07, 6.45) is -1.14. The molecule has 0 saturated carbocycles. The summed E-state index contributed by atoms with van der Waals surface area (Å²) in [5.74, 6) is -0.436.